The van der Waals surface area contributed by atoms with E-state index in [1.54, 1.807) is 0 Å². The number of hydrogen-bond acceptors (Lipinski definition) is 4. The van der Waals surface area contributed by atoms with Crippen molar-refractivity contribution in [3.8, 4) is 5.75 Å². The summed E-state index contributed by atoms with van der Waals surface area (Å²) in [5.74, 6) is -2.29. The highest BCUT2D eigenvalue weighted by Crippen LogP contribution is 2.54. The molecule has 2 N–H and O–H groups in total. The molecule has 21 heavy (non-hydrogen) atoms. The Morgan fingerprint density at radius 1 is 1.29 bits per heavy atom. The van der Waals surface area contributed by atoms with E-state index in [1.807, 2.05) is 0 Å². The highest BCUT2D eigenvalue weighted by molar-refractivity contribution is 5.39. The minimum atomic E-state index is -1.10. The van der Waals surface area contributed by atoms with Gasteiger partial charge in [0.15, 0.2) is 11.6 Å². The van der Waals surface area contributed by atoms with Gasteiger partial charge in [-0.05, 0) is 12.8 Å². The number of benzene rings is 1. The lowest BCUT2D eigenvalue weighted by Gasteiger charge is -2.52. The van der Waals surface area contributed by atoms with E-state index in [2.05, 4.69) is 0 Å². The maximum atomic E-state index is 13.9. The van der Waals surface area contributed by atoms with Crippen LogP contribution < -0.4 is 10.5 Å². The highest BCUT2D eigenvalue weighted by atomic mass is 19.1. The van der Waals surface area contributed by atoms with E-state index >= 15 is 0 Å². The predicted octanol–water partition coefficient (Wildman–Crippen LogP) is 2.91. The molecule has 0 heterocycles. The van der Waals surface area contributed by atoms with E-state index in [0.717, 1.165) is 31.7 Å². The van der Waals surface area contributed by atoms with Crippen molar-refractivity contribution in [3.05, 3.63) is 33.9 Å². The summed E-state index contributed by atoms with van der Waals surface area (Å²) in [5, 5.41) is 10.6. The van der Waals surface area contributed by atoms with Crippen molar-refractivity contribution in [2.45, 2.75) is 44.2 Å². The number of halogens is 2. The third kappa shape index (κ3) is 2.16. The summed E-state index contributed by atoms with van der Waals surface area (Å²) in [4.78, 5) is 9.60. The van der Waals surface area contributed by atoms with E-state index in [1.165, 1.54) is 0 Å². The molecule has 2 aliphatic carbocycles. The van der Waals surface area contributed by atoms with Crippen LogP contribution in [0.4, 0.5) is 14.5 Å². The summed E-state index contributed by atoms with van der Waals surface area (Å²) in [6.07, 6.45) is 4.32. The molecule has 0 saturated heterocycles. The first-order valence-corrected chi connectivity index (χ1v) is 7.00. The zero-order chi connectivity index (χ0) is 15.2. The SMILES string of the molecule is NC1CC(Oc2cc(F)c([N+](=O)[O-])cc2F)C12CCCC2. The van der Waals surface area contributed by atoms with Crippen LogP contribution in [0.3, 0.4) is 0 Å². The van der Waals surface area contributed by atoms with Gasteiger partial charge in [0.2, 0.25) is 5.82 Å². The molecule has 2 aliphatic rings. The number of nitro benzene ring substituents is 1. The second-order valence-electron chi connectivity index (χ2n) is 5.88. The van der Waals surface area contributed by atoms with Crippen LogP contribution in [0.5, 0.6) is 5.75 Å². The summed E-state index contributed by atoms with van der Waals surface area (Å²) >= 11 is 0. The molecule has 7 heteroatoms. The van der Waals surface area contributed by atoms with Gasteiger partial charge in [-0.1, -0.05) is 12.8 Å². The fourth-order valence-corrected chi connectivity index (χ4v) is 3.57. The Hall–Kier alpha value is -1.76. The van der Waals surface area contributed by atoms with Crippen molar-refractivity contribution in [2.75, 3.05) is 0 Å². The molecule has 114 valence electrons. The normalized spacial score (nSPS) is 26.6. The fourth-order valence-electron chi connectivity index (χ4n) is 3.57. The van der Waals surface area contributed by atoms with Gasteiger partial charge in [0.25, 0.3) is 0 Å². The highest BCUT2D eigenvalue weighted by Gasteiger charge is 2.56. The molecule has 2 saturated carbocycles. The van der Waals surface area contributed by atoms with Gasteiger partial charge in [0, 0.05) is 23.9 Å². The summed E-state index contributed by atoms with van der Waals surface area (Å²) in [6.45, 7) is 0. The molecule has 1 aromatic rings. The molecule has 0 bridgehead atoms. The van der Waals surface area contributed by atoms with Crippen LogP contribution in [-0.4, -0.2) is 17.1 Å². The number of nitro groups is 1. The summed E-state index contributed by atoms with van der Waals surface area (Å²) in [7, 11) is 0. The Balaban J connectivity index is 1.83. The van der Waals surface area contributed by atoms with Crippen LogP contribution in [0.1, 0.15) is 32.1 Å². The zero-order valence-corrected chi connectivity index (χ0v) is 11.4. The monoisotopic (exact) mass is 298 g/mol. The number of ether oxygens (including phenoxy) is 1. The smallest absolute Gasteiger partial charge is 0.307 e. The van der Waals surface area contributed by atoms with Gasteiger partial charge in [-0.15, -0.1) is 0 Å². The van der Waals surface area contributed by atoms with Crippen molar-refractivity contribution in [2.24, 2.45) is 11.1 Å². The molecule has 2 unspecified atom stereocenters. The first-order chi connectivity index (χ1) is 9.94. The quantitative estimate of drug-likeness (QED) is 0.687. The molecule has 1 spiro atoms. The minimum Gasteiger partial charge on any atom is -0.487 e. The Bertz CT molecular complexity index is 588. The van der Waals surface area contributed by atoms with E-state index in [9.17, 15) is 18.9 Å². The number of nitrogens with two attached hydrogens (primary N) is 1. The number of hydrogen-bond donors (Lipinski definition) is 1. The lowest BCUT2D eigenvalue weighted by molar-refractivity contribution is -0.387. The zero-order valence-electron chi connectivity index (χ0n) is 11.4. The van der Waals surface area contributed by atoms with Gasteiger partial charge in [-0.25, -0.2) is 4.39 Å². The molecule has 3 rings (SSSR count). The molecule has 5 nitrogen and oxygen atoms in total. The van der Waals surface area contributed by atoms with Crippen LogP contribution in [0.15, 0.2) is 12.1 Å². The van der Waals surface area contributed by atoms with Gasteiger partial charge in [-0.3, -0.25) is 10.1 Å². The van der Waals surface area contributed by atoms with Gasteiger partial charge >= 0.3 is 5.69 Å². The third-order valence-corrected chi connectivity index (χ3v) is 4.85. The van der Waals surface area contributed by atoms with Gasteiger partial charge in [0.05, 0.1) is 11.0 Å². The maximum absolute atomic E-state index is 13.9. The average molecular weight is 298 g/mol. The van der Waals surface area contributed by atoms with Gasteiger partial charge in [-0.2, -0.15) is 4.39 Å². The molecule has 2 atom stereocenters. The van der Waals surface area contributed by atoms with Crippen molar-refractivity contribution in [1.29, 1.82) is 0 Å². The van der Waals surface area contributed by atoms with Gasteiger partial charge in [0.1, 0.15) is 6.10 Å². The van der Waals surface area contributed by atoms with E-state index < -0.39 is 22.2 Å². The van der Waals surface area contributed by atoms with E-state index in [4.69, 9.17) is 10.5 Å². The Labute approximate surface area is 120 Å². The van der Waals surface area contributed by atoms with Crippen molar-refractivity contribution >= 4 is 5.69 Å². The van der Waals surface area contributed by atoms with Crippen LogP contribution in [-0.2, 0) is 0 Å². The topological polar surface area (TPSA) is 78.4 Å². The number of nitrogens with zero attached hydrogens (tertiary/aromatic N) is 1. The predicted molar refractivity (Wildman–Crippen MR) is 70.9 cm³/mol. The molecular weight excluding hydrogens is 282 g/mol. The Morgan fingerprint density at radius 3 is 2.52 bits per heavy atom. The third-order valence-electron chi connectivity index (χ3n) is 4.85. The van der Waals surface area contributed by atoms with Crippen LogP contribution >= 0.6 is 0 Å². The molecule has 0 radical (unpaired) electrons. The lowest BCUT2D eigenvalue weighted by Crippen LogP contribution is -2.62. The second-order valence-corrected chi connectivity index (χ2v) is 5.88. The number of rotatable bonds is 3. The maximum Gasteiger partial charge on any atom is 0.307 e. The van der Waals surface area contributed by atoms with E-state index in [-0.39, 0.29) is 23.3 Å². The van der Waals surface area contributed by atoms with Gasteiger partial charge < -0.3 is 10.5 Å². The first kappa shape index (κ1) is 14.2. The first-order valence-electron chi connectivity index (χ1n) is 7.00. The van der Waals surface area contributed by atoms with Crippen molar-refractivity contribution in [1.82, 2.24) is 0 Å². The molecule has 0 amide bonds. The van der Waals surface area contributed by atoms with Crippen LogP contribution in [0.2, 0.25) is 0 Å². The largest absolute Gasteiger partial charge is 0.487 e. The fraction of sp³-hybridized carbons (Fsp3) is 0.571. The summed E-state index contributed by atoms with van der Waals surface area (Å²) in [5.41, 5.74) is 5.02. The Kier molecular flexibility index (Phi) is 3.32. The molecule has 0 aliphatic heterocycles. The standard InChI is InChI=1S/C14H16F2N2O3/c15-8-6-11(9(16)5-10(8)18(19)20)21-13-7-12(17)14(13)3-1-2-4-14/h5-6,12-13H,1-4,7,17H2. The van der Waals surface area contributed by atoms with E-state index in [0.29, 0.717) is 12.5 Å². The van der Waals surface area contributed by atoms with Crippen LogP contribution in [0.25, 0.3) is 0 Å². The lowest BCUT2D eigenvalue weighted by atomic mass is 9.61. The average Bonchev–Trinajstić information content (AvgIpc) is 2.94. The molecule has 1 aromatic carbocycles. The summed E-state index contributed by atoms with van der Waals surface area (Å²) in [6, 6.07) is 1.33. The molecule has 0 aromatic heterocycles. The van der Waals surface area contributed by atoms with Crippen LogP contribution in [0, 0.1) is 27.2 Å². The Morgan fingerprint density at radius 2 is 1.95 bits per heavy atom. The summed E-state index contributed by atoms with van der Waals surface area (Å²) < 4.78 is 33.0. The van der Waals surface area contributed by atoms with Crippen molar-refractivity contribution < 1.29 is 18.4 Å². The minimum absolute atomic E-state index is 0.0240. The second kappa shape index (κ2) is 4.91. The molecular formula is C14H16F2N2O3. The van der Waals surface area contributed by atoms with Crippen molar-refractivity contribution in [3.63, 3.8) is 0 Å². The molecule has 2 fully saturated rings.